The average Bonchev–Trinajstić information content (AvgIpc) is 3.05. The molecule has 24 heavy (non-hydrogen) atoms. The number of nitrogens with zero attached hydrogens (tertiary/aromatic N) is 2. The van der Waals surface area contributed by atoms with E-state index in [-0.39, 0.29) is 17.3 Å². The number of hydrogen-bond donors (Lipinski definition) is 2. The van der Waals surface area contributed by atoms with Crippen LogP contribution >= 0.6 is 0 Å². The molecule has 0 saturated heterocycles. The number of aryl methyl sites for hydroxylation is 1. The quantitative estimate of drug-likeness (QED) is 0.602. The van der Waals surface area contributed by atoms with E-state index in [4.69, 9.17) is 4.42 Å². The van der Waals surface area contributed by atoms with E-state index in [1.54, 1.807) is 12.3 Å². The van der Waals surface area contributed by atoms with Crippen molar-refractivity contribution < 1.29 is 4.42 Å². The fraction of sp³-hybridized carbons (Fsp3) is 0.0556. The highest BCUT2D eigenvalue weighted by Crippen LogP contribution is 2.21. The predicted molar refractivity (Wildman–Crippen MR) is 92.3 cm³/mol. The summed E-state index contributed by atoms with van der Waals surface area (Å²) in [4.78, 5) is 15.8. The van der Waals surface area contributed by atoms with E-state index in [9.17, 15) is 4.79 Å². The fourth-order valence-corrected chi connectivity index (χ4v) is 2.59. The summed E-state index contributed by atoms with van der Waals surface area (Å²) >= 11 is 0. The molecule has 6 nitrogen and oxygen atoms in total. The minimum Gasteiger partial charge on any atom is -0.403 e. The van der Waals surface area contributed by atoms with Gasteiger partial charge < -0.3 is 14.7 Å². The van der Waals surface area contributed by atoms with Gasteiger partial charge in [-0.05, 0) is 30.7 Å². The molecule has 0 unspecified atom stereocenters. The van der Waals surface area contributed by atoms with E-state index in [1.165, 1.54) is 0 Å². The Morgan fingerprint density at radius 3 is 2.71 bits per heavy atom. The molecule has 0 spiro atoms. The van der Waals surface area contributed by atoms with Gasteiger partial charge in [0.15, 0.2) is 0 Å². The smallest absolute Gasteiger partial charge is 0.320 e. The van der Waals surface area contributed by atoms with Crippen LogP contribution < -0.4 is 10.7 Å². The Labute approximate surface area is 137 Å². The molecule has 2 aromatic carbocycles. The predicted octanol–water partition coefficient (Wildman–Crippen LogP) is 3.63. The third-order valence-corrected chi connectivity index (χ3v) is 3.80. The summed E-state index contributed by atoms with van der Waals surface area (Å²) in [5.41, 5.74) is 2.86. The fourth-order valence-electron chi connectivity index (χ4n) is 2.59. The molecule has 0 aliphatic carbocycles. The highest BCUT2D eigenvalue weighted by Gasteiger charge is 2.14. The van der Waals surface area contributed by atoms with Crippen LogP contribution in [0.15, 0.2) is 63.9 Å². The van der Waals surface area contributed by atoms with Crippen molar-refractivity contribution in [2.45, 2.75) is 6.92 Å². The van der Waals surface area contributed by atoms with Gasteiger partial charge in [0.05, 0.1) is 5.52 Å². The van der Waals surface area contributed by atoms with Crippen LogP contribution in [0.3, 0.4) is 0 Å². The van der Waals surface area contributed by atoms with Gasteiger partial charge in [-0.2, -0.15) is 0 Å². The zero-order valence-electron chi connectivity index (χ0n) is 12.9. The molecule has 4 rings (SSSR count). The van der Waals surface area contributed by atoms with Crippen molar-refractivity contribution >= 4 is 22.6 Å². The molecular weight excluding hydrogens is 304 g/mol. The molecule has 0 aliphatic heterocycles. The molecule has 2 N–H and O–H groups in total. The third kappa shape index (κ3) is 2.44. The lowest BCUT2D eigenvalue weighted by atomic mass is 10.1. The largest absolute Gasteiger partial charge is 0.403 e. The molecular formula is C18H14N4O2. The summed E-state index contributed by atoms with van der Waals surface area (Å²) in [5.74, 6) is 0.179. The normalized spacial score (nSPS) is 10.9. The lowest BCUT2D eigenvalue weighted by molar-refractivity contribution is 0.587. The van der Waals surface area contributed by atoms with E-state index in [0.29, 0.717) is 10.9 Å². The number of aromatic nitrogens is 3. The maximum Gasteiger partial charge on any atom is 0.320 e. The summed E-state index contributed by atoms with van der Waals surface area (Å²) in [5, 5.41) is 11.5. The van der Waals surface area contributed by atoms with Crippen LogP contribution in [0.5, 0.6) is 0 Å². The number of nitrogens with one attached hydrogen (secondary N) is 2. The zero-order valence-corrected chi connectivity index (χ0v) is 12.9. The van der Waals surface area contributed by atoms with E-state index < -0.39 is 0 Å². The zero-order chi connectivity index (χ0) is 16.5. The summed E-state index contributed by atoms with van der Waals surface area (Å²) in [6.07, 6.45) is 1.61. The Morgan fingerprint density at radius 2 is 1.88 bits per heavy atom. The van der Waals surface area contributed by atoms with Gasteiger partial charge in [0.1, 0.15) is 5.56 Å². The number of aromatic amines is 1. The van der Waals surface area contributed by atoms with Crippen LogP contribution in [0.1, 0.15) is 5.56 Å². The number of H-pyrrole nitrogens is 1. The van der Waals surface area contributed by atoms with Gasteiger partial charge in [0.25, 0.3) is 5.89 Å². The van der Waals surface area contributed by atoms with Crippen LogP contribution in [-0.4, -0.2) is 15.2 Å². The number of rotatable bonds is 3. The van der Waals surface area contributed by atoms with Crippen LogP contribution in [0, 0.1) is 6.92 Å². The molecule has 0 aliphatic rings. The number of pyridine rings is 1. The lowest BCUT2D eigenvalue weighted by Gasteiger charge is -2.03. The molecule has 0 radical (unpaired) electrons. The summed E-state index contributed by atoms with van der Waals surface area (Å²) in [6.45, 7) is 1.95. The van der Waals surface area contributed by atoms with E-state index in [2.05, 4.69) is 20.5 Å². The SMILES string of the molecule is Cc1cccc2c(=O)c(-c3nnc(Nc4ccccc4)o3)c[nH]c12. The van der Waals surface area contributed by atoms with Gasteiger partial charge in [-0.15, -0.1) is 5.10 Å². The first kappa shape index (κ1) is 14.2. The van der Waals surface area contributed by atoms with Crippen LogP contribution in [-0.2, 0) is 0 Å². The second kappa shape index (κ2) is 5.66. The summed E-state index contributed by atoms with van der Waals surface area (Å²) < 4.78 is 5.58. The topological polar surface area (TPSA) is 83.8 Å². The van der Waals surface area contributed by atoms with Gasteiger partial charge >= 0.3 is 6.01 Å². The van der Waals surface area contributed by atoms with Gasteiger partial charge in [-0.3, -0.25) is 4.79 Å². The maximum atomic E-state index is 12.7. The van der Waals surface area contributed by atoms with Crippen molar-refractivity contribution in [1.82, 2.24) is 15.2 Å². The van der Waals surface area contributed by atoms with Gasteiger partial charge in [0.2, 0.25) is 5.43 Å². The van der Waals surface area contributed by atoms with E-state index in [0.717, 1.165) is 16.8 Å². The number of hydrogen-bond acceptors (Lipinski definition) is 5. The Kier molecular flexibility index (Phi) is 3.35. The third-order valence-electron chi connectivity index (χ3n) is 3.80. The van der Waals surface area contributed by atoms with E-state index in [1.807, 2.05) is 49.4 Å². The first-order chi connectivity index (χ1) is 11.7. The average molecular weight is 318 g/mol. The minimum absolute atomic E-state index is 0.137. The highest BCUT2D eigenvalue weighted by molar-refractivity contribution is 5.84. The Hall–Kier alpha value is -3.41. The first-order valence-corrected chi connectivity index (χ1v) is 7.49. The van der Waals surface area contributed by atoms with E-state index >= 15 is 0 Å². The van der Waals surface area contributed by atoms with Gasteiger partial charge in [-0.25, -0.2) is 0 Å². The van der Waals surface area contributed by atoms with Gasteiger partial charge in [-0.1, -0.05) is 35.4 Å². The molecule has 2 heterocycles. The van der Waals surface area contributed by atoms with Crippen LogP contribution in [0.25, 0.3) is 22.4 Å². The number of fused-ring (bicyclic) bond motifs is 1. The van der Waals surface area contributed by atoms with Crippen LogP contribution in [0.2, 0.25) is 0 Å². The van der Waals surface area contributed by atoms with Crippen molar-refractivity contribution in [3.63, 3.8) is 0 Å². The maximum absolute atomic E-state index is 12.7. The Bertz CT molecular complexity index is 1070. The molecule has 118 valence electrons. The van der Waals surface area contributed by atoms with Gasteiger partial charge in [0, 0.05) is 17.3 Å². The van der Waals surface area contributed by atoms with Crippen molar-refractivity contribution in [3.8, 4) is 11.5 Å². The second-order valence-electron chi connectivity index (χ2n) is 5.43. The lowest BCUT2D eigenvalue weighted by Crippen LogP contribution is -2.07. The first-order valence-electron chi connectivity index (χ1n) is 7.49. The van der Waals surface area contributed by atoms with Crippen LogP contribution in [0.4, 0.5) is 11.7 Å². The molecule has 0 bridgehead atoms. The Morgan fingerprint density at radius 1 is 1.04 bits per heavy atom. The highest BCUT2D eigenvalue weighted by atomic mass is 16.4. The van der Waals surface area contributed by atoms with Crippen molar-refractivity contribution in [3.05, 3.63) is 70.5 Å². The number of anilines is 2. The molecule has 6 heteroatoms. The number of benzene rings is 2. The summed E-state index contributed by atoms with van der Waals surface area (Å²) in [7, 11) is 0. The minimum atomic E-state index is -0.137. The Balaban J connectivity index is 1.74. The second-order valence-corrected chi connectivity index (χ2v) is 5.43. The molecule has 2 aromatic heterocycles. The molecule has 0 saturated carbocycles. The molecule has 0 amide bonds. The molecule has 4 aromatic rings. The monoisotopic (exact) mass is 318 g/mol. The number of para-hydroxylation sites is 2. The molecule has 0 fully saturated rings. The summed E-state index contributed by atoms with van der Waals surface area (Å²) in [6, 6.07) is 15.3. The van der Waals surface area contributed by atoms with Crippen molar-refractivity contribution in [2.24, 2.45) is 0 Å². The standard InChI is InChI=1S/C18H14N4O2/c1-11-6-5-9-13-15(11)19-10-14(16(13)23)17-21-22-18(24-17)20-12-7-3-2-4-8-12/h2-10H,1H3,(H,19,23)(H,20,22). The van der Waals surface area contributed by atoms with Crippen molar-refractivity contribution in [1.29, 1.82) is 0 Å². The molecule has 0 atom stereocenters. The van der Waals surface area contributed by atoms with Crippen molar-refractivity contribution in [2.75, 3.05) is 5.32 Å².